The van der Waals surface area contributed by atoms with E-state index in [0.717, 1.165) is 6.42 Å². The van der Waals surface area contributed by atoms with Crippen molar-refractivity contribution < 1.29 is 9.53 Å². The predicted octanol–water partition coefficient (Wildman–Crippen LogP) is 1.68. The van der Waals surface area contributed by atoms with Gasteiger partial charge in [-0.15, -0.1) is 0 Å². The molecule has 10 heavy (non-hydrogen) atoms. The van der Waals surface area contributed by atoms with Crippen LogP contribution in [0.3, 0.4) is 0 Å². The van der Waals surface area contributed by atoms with Gasteiger partial charge in [-0.3, -0.25) is 0 Å². The molecule has 0 bridgehead atoms. The SMILES string of the molecule is CC=CCC=CC(=O)OC. The van der Waals surface area contributed by atoms with Gasteiger partial charge in [0.15, 0.2) is 0 Å². The minimum absolute atomic E-state index is 0.301. The summed E-state index contributed by atoms with van der Waals surface area (Å²) in [7, 11) is 1.36. The van der Waals surface area contributed by atoms with Gasteiger partial charge >= 0.3 is 5.97 Å². The van der Waals surface area contributed by atoms with Crippen molar-refractivity contribution in [1.82, 2.24) is 0 Å². The summed E-state index contributed by atoms with van der Waals surface area (Å²) in [6, 6.07) is 0. The van der Waals surface area contributed by atoms with E-state index >= 15 is 0 Å². The summed E-state index contributed by atoms with van der Waals surface area (Å²) in [5, 5.41) is 0. The second kappa shape index (κ2) is 6.08. The fourth-order valence-corrected chi connectivity index (χ4v) is 0.447. The molecule has 0 rings (SSSR count). The first-order valence-electron chi connectivity index (χ1n) is 3.17. The van der Waals surface area contributed by atoms with Gasteiger partial charge in [-0.2, -0.15) is 0 Å². The average molecular weight is 140 g/mol. The molecule has 0 aliphatic rings. The summed E-state index contributed by atoms with van der Waals surface area (Å²) in [5.41, 5.74) is 0. The lowest BCUT2D eigenvalue weighted by atomic mass is 10.3. The molecule has 0 N–H and O–H groups in total. The molecule has 0 saturated heterocycles. The summed E-state index contributed by atoms with van der Waals surface area (Å²) >= 11 is 0. The average Bonchev–Trinajstić information content (AvgIpc) is 1.98. The van der Waals surface area contributed by atoms with Crippen molar-refractivity contribution in [3.05, 3.63) is 24.3 Å². The molecule has 0 spiro atoms. The minimum Gasteiger partial charge on any atom is -0.466 e. The Kier molecular flexibility index (Phi) is 5.44. The summed E-state index contributed by atoms with van der Waals surface area (Å²) < 4.78 is 4.38. The summed E-state index contributed by atoms with van der Waals surface area (Å²) in [6.07, 6.45) is 7.85. The second-order valence-corrected chi connectivity index (χ2v) is 1.73. The van der Waals surface area contributed by atoms with Crippen molar-refractivity contribution in [2.24, 2.45) is 0 Å². The standard InChI is InChI=1S/C8H12O2/c1-3-4-5-6-7-8(9)10-2/h3-4,6-7H,5H2,1-2H3. The molecular formula is C8H12O2. The van der Waals surface area contributed by atoms with Gasteiger partial charge in [0.25, 0.3) is 0 Å². The molecule has 0 unspecified atom stereocenters. The first-order valence-corrected chi connectivity index (χ1v) is 3.17. The molecule has 0 aromatic rings. The minimum atomic E-state index is -0.301. The Hall–Kier alpha value is -1.05. The van der Waals surface area contributed by atoms with Crippen molar-refractivity contribution in [1.29, 1.82) is 0 Å². The van der Waals surface area contributed by atoms with E-state index < -0.39 is 0 Å². The molecule has 56 valence electrons. The van der Waals surface area contributed by atoms with Crippen LogP contribution >= 0.6 is 0 Å². The number of carbonyl (C=O) groups excluding carboxylic acids is 1. The van der Waals surface area contributed by atoms with Crippen LogP contribution in [0.25, 0.3) is 0 Å². The molecular weight excluding hydrogens is 128 g/mol. The lowest BCUT2D eigenvalue weighted by Crippen LogP contribution is -1.92. The van der Waals surface area contributed by atoms with Gasteiger partial charge in [0, 0.05) is 6.08 Å². The summed E-state index contributed by atoms with van der Waals surface area (Å²) in [4.78, 5) is 10.4. The molecule has 0 aliphatic heterocycles. The number of rotatable bonds is 3. The topological polar surface area (TPSA) is 26.3 Å². The highest BCUT2D eigenvalue weighted by Gasteiger charge is 1.86. The Labute approximate surface area is 61.2 Å². The Morgan fingerprint density at radius 2 is 2.20 bits per heavy atom. The number of methoxy groups -OCH3 is 1. The van der Waals surface area contributed by atoms with Gasteiger partial charge in [-0.25, -0.2) is 4.79 Å². The van der Waals surface area contributed by atoms with Crippen molar-refractivity contribution in [3.8, 4) is 0 Å². The molecule has 0 aromatic heterocycles. The molecule has 0 aliphatic carbocycles. The van der Waals surface area contributed by atoms with Gasteiger partial charge in [-0.05, 0) is 13.3 Å². The zero-order valence-corrected chi connectivity index (χ0v) is 6.33. The summed E-state index contributed by atoms with van der Waals surface area (Å²) in [5.74, 6) is -0.301. The Bertz CT molecular complexity index is 145. The fourth-order valence-electron chi connectivity index (χ4n) is 0.447. The van der Waals surface area contributed by atoms with Crippen molar-refractivity contribution in [3.63, 3.8) is 0 Å². The molecule has 0 aromatic carbocycles. The van der Waals surface area contributed by atoms with Crippen LogP contribution in [0.15, 0.2) is 24.3 Å². The van der Waals surface area contributed by atoms with E-state index in [9.17, 15) is 4.79 Å². The molecule has 0 atom stereocenters. The van der Waals surface area contributed by atoms with Crippen LogP contribution in [-0.4, -0.2) is 13.1 Å². The lowest BCUT2D eigenvalue weighted by Gasteiger charge is -1.86. The third-order valence-corrected chi connectivity index (χ3v) is 0.963. The van der Waals surface area contributed by atoms with E-state index in [-0.39, 0.29) is 5.97 Å². The van der Waals surface area contributed by atoms with Crippen LogP contribution in [0.1, 0.15) is 13.3 Å². The third kappa shape index (κ3) is 5.09. The van der Waals surface area contributed by atoms with Crippen LogP contribution in [-0.2, 0) is 9.53 Å². The van der Waals surface area contributed by atoms with E-state index in [1.54, 1.807) is 6.08 Å². The zero-order chi connectivity index (χ0) is 7.82. The van der Waals surface area contributed by atoms with Crippen molar-refractivity contribution in [2.45, 2.75) is 13.3 Å². The van der Waals surface area contributed by atoms with E-state index in [1.807, 2.05) is 19.1 Å². The van der Waals surface area contributed by atoms with Crippen LogP contribution in [0, 0.1) is 0 Å². The Morgan fingerprint density at radius 3 is 2.70 bits per heavy atom. The highest BCUT2D eigenvalue weighted by Crippen LogP contribution is 1.86. The van der Waals surface area contributed by atoms with Gasteiger partial charge in [-0.1, -0.05) is 18.2 Å². The number of hydrogen-bond acceptors (Lipinski definition) is 2. The number of esters is 1. The molecule has 2 heteroatoms. The van der Waals surface area contributed by atoms with Crippen molar-refractivity contribution in [2.75, 3.05) is 7.11 Å². The van der Waals surface area contributed by atoms with E-state index in [2.05, 4.69) is 4.74 Å². The van der Waals surface area contributed by atoms with Gasteiger partial charge in [0.05, 0.1) is 7.11 Å². The molecule has 0 fully saturated rings. The number of carbonyl (C=O) groups is 1. The summed E-state index contributed by atoms with van der Waals surface area (Å²) in [6.45, 7) is 1.94. The van der Waals surface area contributed by atoms with E-state index in [4.69, 9.17) is 0 Å². The molecule has 0 heterocycles. The monoisotopic (exact) mass is 140 g/mol. The first-order chi connectivity index (χ1) is 4.81. The van der Waals surface area contributed by atoms with Crippen molar-refractivity contribution >= 4 is 5.97 Å². The normalized spacial score (nSPS) is 11.0. The van der Waals surface area contributed by atoms with E-state index in [0.29, 0.717) is 0 Å². The molecule has 0 radical (unpaired) electrons. The van der Waals surface area contributed by atoms with Crippen LogP contribution < -0.4 is 0 Å². The molecule has 0 saturated carbocycles. The van der Waals surface area contributed by atoms with E-state index in [1.165, 1.54) is 13.2 Å². The second-order valence-electron chi connectivity index (χ2n) is 1.73. The van der Waals surface area contributed by atoms with Gasteiger partial charge in [0.2, 0.25) is 0 Å². The third-order valence-electron chi connectivity index (χ3n) is 0.963. The maximum absolute atomic E-state index is 10.4. The highest BCUT2D eigenvalue weighted by atomic mass is 16.5. The lowest BCUT2D eigenvalue weighted by molar-refractivity contribution is -0.134. The quantitative estimate of drug-likeness (QED) is 0.338. The Morgan fingerprint density at radius 1 is 1.50 bits per heavy atom. The Balaban J connectivity index is 3.45. The van der Waals surface area contributed by atoms with Gasteiger partial charge < -0.3 is 4.74 Å². The predicted molar refractivity (Wildman–Crippen MR) is 40.6 cm³/mol. The molecule has 0 amide bonds. The van der Waals surface area contributed by atoms with Crippen LogP contribution in [0.2, 0.25) is 0 Å². The zero-order valence-electron chi connectivity index (χ0n) is 6.33. The van der Waals surface area contributed by atoms with Gasteiger partial charge in [0.1, 0.15) is 0 Å². The molecule has 2 nitrogen and oxygen atoms in total. The number of ether oxygens (including phenoxy) is 1. The highest BCUT2D eigenvalue weighted by molar-refractivity contribution is 5.81. The first kappa shape index (κ1) is 8.95. The number of hydrogen-bond donors (Lipinski definition) is 0. The van der Waals surface area contributed by atoms with Crippen LogP contribution in [0.5, 0.6) is 0 Å². The maximum Gasteiger partial charge on any atom is 0.330 e. The largest absolute Gasteiger partial charge is 0.466 e. The maximum atomic E-state index is 10.4. The van der Waals surface area contributed by atoms with Crippen LogP contribution in [0.4, 0.5) is 0 Å². The number of allylic oxidation sites excluding steroid dienone is 3. The fraction of sp³-hybridized carbons (Fsp3) is 0.375. The smallest absolute Gasteiger partial charge is 0.330 e.